The first-order chi connectivity index (χ1) is 29.2. The molecule has 0 amide bonds. The number of nitrogens with one attached hydrogen (secondary N) is 3. The van der Waals surface area contributed by atoms with Crippen LogP contribution in [0.4, 0.5) is 28.8 Å². The van der Waals surface area contributed by atoms with Crippen molar-refractivity contribution in [3.63, 3.8) is 0 Å². The predicted octanol–water partition coefficient (Wildman–Crippen LogP) is 8.39. The lowest BCUT2D eigenvalue weighted by Gasteiger charge is -2.36. The number of ether oxygens (including phenoxy) is 2. The molecular formula is C48H53N9O2. The highest BCUT2D eigenvalue weighted by atomic mass is 16.5. The molecule has 2 aliphatic heterocycles. The number of anilines is 5. The van der Waals surface area contributed by atoms with E-state index in [9.17, 15) is 0 Å². The van der Waals surface area contributed by atoms with Crippen molar-refractivity contribution < 1.29 is 9.47 Å². The lowest BCUT2D eigenvalue weighted by Crippen LogP contribution is -2.47. The molecule has 3 N–H and O–H groups in total. The Balaban J connectivity index is 0.862. The molecule has 0 radical (unpaired) electrons. The summed E-state index contributed by atoms with van der Waals surface area (Å²) in [6.45, 7) is 9.51. The topological polar surface area (TPSA) is 103 Å². The second-order valence-corrected chi connectivity index (χ2v) is 15.5. The number of methoxy groups -OCH3 is 1. The van der Waals surface area contributed by atoms with Crippen LogP contribution in [-0.2, 0) is 0 Å². The van der Waals surface area contributed by atoms with E-state index in [2.05, 4.69) is 133 Å². The molecule has 0 bridgehead atoms. The Hall–Kier alpha value is -6.33. The number of aromatic nitrogens is 3. The van der Waals surface area contributed by atoms with Crippen molar-refractivity contribution in [1.29, 1.82) is 0 Å². The van der Waals surface area contributed by atoms with Crippen LogP contribution in [0.15, 0.2) is 121 Å². The van der Waals surface area contributed by atoms with Gasteiger partial charge in [0.25, 0.3) is 0 Å². The van der Waals surface area contributed by atoms with Gasteiger partial charge in [0, 0.05) is 97.8 Å². The Kier molecular flexibility index (Phi) is 11.7. The number of pyridine rings is 1. The number of fused-ring (bicyclic) bond motifs is 3. The summed E-state index contributed by atoms with van der Waals surface area (Å²) < 4.78 is 12.5. The maximum Gasteiger partial charge on any atom is 0.228 e. The summed E-state index contributed by atoms with van der Waals surface area (Å²) in [5.74, 6) is 3.40. The fourth-order valence-electron chi connectivity index (χ4n) is 8.42. The molecule has 0 aliphatic carbocycles. The Labute approximate surface area is 346 Å². The van der Waals surface area contributed by atoms with Gasteiger partial charge < -0.3 is 40.1 Å². The van der Waals surface area contributed by atoms with Gasteiger partial charge in [-0.3, -0.25) is 4.98 Å². The molecule has 2 aliphatic rings. The van der Waals surface area contributed by atoms with E-state index in [0.717, 1.165) is 122 Å². The first kappa shape index (κ1) is 38.2. The standard InChI is InChI=1S/C48H53N9O2/c1-58-45-32-40-44(33-46(45)59-34-35-19-25-55(26-20-35)27-24-51-43-18-21-49-42-16-8-7-15-39(42)43)53-48(57-30-28-56(29-31-57)37-12-3-2-4-13-37)54-47(40)52-23-22-50-41-17-9-11-36-10-5-6-14-38(36)41/h2-18,21,32-33,35,50H,19-20,22-31,34H2,1H3,(H,49,51)(H,52,53,54). The van der Waals surface area contributed by atoms with Crippen molar-refractivity contribution in [3.8, 4) is 11.5 Å². The Morgan fingerprint density at radius 3 is 2.17 bits per heavy atom. The number of para-hydroxylation sites is 2. The van der Waals surface area contributed by atoms with E-state index in [0.29, 0.717) is 24.8 Å². The summed E-state index contributed by atoms with van der Waals surface area (Å²) in [5.41, 5.74) is 5.37. The van der Waals surface area contributed by atoms with Crippen LogP contribution in [0.5, 0.6) is 11.5 Å². The lowest BCUT2D eigenvalue weighted by atomic mass is 9.98. The highest BCUT2D eigenvalue weighted by Gasteiger charge is 2.24. The van der Waals surface area contributed by atoms with E-state index in [1.54, 1.807) is 7.11 Å². The normalized spacial score (nSPS) is 15.1. The summed E-state index contributed by atoms with van der Waals surface area (Å²) in [6, 6.07) is 39.9. The number of piperazine rings is 1. The van der Waals surface area contributed by atoms with E-state index in [-0.39, 0.29) is 0 Å². The molecule has 5 aromatic carbocycles. The van der Waals surface area contributed by atoms with Gasteiger partial charge in [-0.05, 0) is 73.6 Å². The van der Waals surface area contributed by atoms with Crippen molar-refractivity contribution >= 4 is 61.4 Å². The zero-order valence-corrected chi connectivity index (χ0v) is 33.8. The highest BCUT2D eigenvalue weighted by Crippen LogP contribution is 2.36. The first-order valence-electron chi connectivity index (χ1n) is 21.0. The molecule has 11 heteroatoms. The second-order valence-electron chi connectivity index (χ2n) is 15.5. The van der Waals surface area contributed by atoms with E-state index in [4.69, 9.17) is 19.4 Å². The number of likely N-dealkylation sites (tertiary alicyclic amines) is 1. The van der Waals surface area contributed by atoms with E-state index in [1.807, 2.05) is 24.4 Å². The van der Waals surface area contributed by atoms with Crippen LogP contribution in [0.2, 0.25) is 0 Å². The molecule has 11 nitrogen and oxygen atoms in total. The average molecular weight is 788 g/mol. The van der Waals surface area contributed by atoms with E-state index < -0.39 is 0 Å². The van der Waals surface area contributed by atoms with Gasteiger partial charge >= 0.3 is 0 Å². The van der Waals surface area contributed by atoms with Gasteiger partial charge in [-0.1, -0.05) is 72.8 Å². The van der Waals surface area contributed by atoms with Crippen molar-refractivity contribution in [2.75, 3.05) is 105 Å². The van der Waals surface area contributed by atoms with Gasteiger partial charge in [0.2, 0.25) is 5.95 Å². The number of piperidine rings is 1. The van der Waals surface area contributed by atoms with Gasteiger partial charge in [-0.25, -0.2) is 4.98 Å². The predicted molar refractivity (Wildman–Crippen MR) is 243 cm³/mol. The molecule has 4 heterocycles. The fraction of sp³-hybridized carbons (Fsp3) is 0.312. The van der Waals surface area contributed by atoms with Gasteiger partial charge in [-0.15, -0.1) is 0 Å². The summed E-state index contributed by atoms with van der Waals surface area (Å²) in [7, 11) is 1.71. The van der Waals surface area contributed by atoms with Crippen LogP contribution in [0.3, 0.4) is 0 Å². The fourth-order valence-corrected chi connectivity index (χ4v) is 8.42. The lowest BCUT2D eigenvalue weighted by molar-refractivity contribution is 0.143. The molecule has 2 aromatic heterocycles. The molecular weight excluding hydrogens is 735 g/mol. The summed E-state index contributed by atoms with van der Waals surface area (Å²) >= 11 is 0. The van der Waals surface area contributed by atoms with Gasteiger partial charge in [0.1, 0.15) is 5.82 Å². The second kappa shape index (κ2) is 18.1. The molecule has 0 atom stereocenters. The van der Waals surface area contributed by atoms with Crippen LogP contribution in [0.1, 0.15) is 12.8 Å². The first-order valence-corrected chi connectivity index (χ1v) is 21.0. The third-order valence-electron chi connectivity index (χ3n) is 11.7. The Bertz CT molecular complexity index is 2470. The molecule has 0 spiro atoms. The van der Waals surface area contributed by atoms with Crippen LogP contribution >= 0.6 is 0 Å². The number of benzene rings is 5. The maximum atomic E-state index is 6.59. The molecule has 302 valence electrons. The average Bonchev–Trinajstić information content (AvgIpc) is 3.30. The maximum absolute atomic E-state index is 6.59. The third kappa shape index (κ3) is 8.90. The molecule has 2 saturated heterocycles. The van der Waals surface area contributed by atoms with E-state index in [1.165, 1.54) is 16.5 Å². The minimum absolute atomic E-state index is 0.470. The number of hydrogen-bond acceptors (Lipinski definition) is 11. The number of hydrogen-bond donors (Lipinski definition) is 3. The largest absolute Gasteiger partial charge is 0.493 e. The van der Waals surface area contributed by atoms with Crippen LogP contribution < -0.4 is 35.2 Å². The number of nitrogens with zero attached hydrogens (tertiary/aromatic N) is 6. The van der Waals surface area contributed by atoms with Gasteiger partial charge in [0.15, 0.2) is 11.5 Å². The third-order valence-corrected chi connectivity index (χ3v) is 11.7. The smallest absolute Gasteiger partial charge is 0.228 e. The molecule has 0 unspecified atom stereocenters. The highest BCUT2D eigenvalue weighted by molar-refractivity contribution is 5.94. The van der Waals surface area contributed by atoms with Crippen molar-refractivity contribution in [3.05, 3.63) is 121 Å². The van der Waals surface area contributed by atoms with E-state index >= 15 is 0 Å². The SMILES string of the molecule is COc1cc2c(NCCNc3cccc4ccccc34)nc(N3CCN(c4ccccc4)CC3)nc2cc1OCC1CCN(CCNc2ccnc3ccccc23)CC1. The van der Waals surface area contributed by atoms with Crippen molar-refractivity contribution in [2.45, 2.75) is 12.8 Å². The van der Waals surface area contributed by atoms with Crippen molar-refractivity contribution in [1.82, 2.24) is 19.9 Å². The zero-order chi connectivity index (χ0) is 39.8. The Morgan fingerprint density at radius 2 is 1.32 bits per heavy atom. The van der Waals surface area contributed by atoms with Crippen LogP contribution in [-0.4, -0.2) is 99.0 Å². The molecule has 0 saturated carbocycles. The number of rotatable bonds is 15. The molecule has 59 heavy (non-hydrogen) atoms. The summed E-state index contributed by atoms with van der Waals surface area (Å²) in [4.78, 5) is 22.1. The summed E-state index contributed by atoms with van der Waals surface area (Å²) in [5, 5.41) is 15.4. The van der Waals surface area contributed by atoms with Crippen molar-refractivity contribution in [2.24, 2.45) is 5.92 Å². The summed E-state index contributed by atoms with van der Waals surface area (Å²) in [6.07, 6.45) is 4.07. The zero-order valence-electron chi connectivity index (χ0n) is 33.8. The Morgan fingerprint density at radius 1 is 0.610 bits per heavy atom. The molecule has 2 fully saturated rings. The quantitative estimate of drug-likeness (QED) is 0.0874. The van der Waals surface area contributed by atoms with Gasteiger partial charge in [0.05, 0.1) is 24.8 Å². The monoisotopic (exact) mass is 787 g/mol. The molecule has 9 rings (SSSR count). The minimum atomic E-state index is 0.470. The van der Waals surface area contributed by atoms with Gasteiger partial charge in [-0.2, -0.15) is 4.98 Å². The minimum Gasteiger partial charge on any atom is -0.493 e. The molecule has 7 aromatic rings. The van der Waals surface area contributed by atoms with Crippen LogP contribution in [0.25, 0.3) is 32.6 Å². The van der Waals surface area contributed by atoms with Crippen LogP contribution in [0, 0.1) is 5.92 Å².